The summed E-state index contributed by atoms with van der Waals surface area (Å²) in [5.74, 6) is -0.235. The van der Waals surface area contributed by atoms with E-state index < -0.39 is 5.41 Å². The number of likely N-dealkylation sites (tertiary alicyclic amines) is 1. The Bertz CT molecular complexity index is 639. The lowest BCUT2D eigenvalue weighted by Gasteiger charge is -2.16. The predicted molar refractivity (Wildman–Crippen MR) is 69.1 cm³/mol. The van der Waals surface area contributed by atoms with Crippen LogP contribution >= 0.6 is 0 Å². The maximum Gasteiger partial charge on any atom is 0.235 e. The molecule has 0 unspecified atom stereocenters. The smallest absolute Gasteiger partial charge is 0.235 e. The molecule has 2 aromatic rings. The zero-order valence-corrected chi connectivity index (χ0v) is 11.0. The minimum absolute atomic E-state index is 0.116. The van der Waals surface area contributed by atoms with Gasteiger partial charge in [0.1, 0.15) is 5.65 Å². The van der Waals surface area contributed by atoms with Gasteiger partial charge >= 0.3 is 0 Å². The van der Waals surface area contributed by atoms with Crippen molar-refractivity contribution in [1.82, 2.24) is 14.3 Å². The van der Waals surface area contributed by atoms with Gasteiger partial charge in [-0.15, -0.1) is 0 Å². The third-order valence-corrected chi connectivity index (χ3v) is 3.45. The summed E-state index contributed by atoms with van der Waals surface area (Å²) in [6.07, 6.45) is 4.02. The van der Waals surface area contributed by atoms with Crippen molar-refractivity contribution in [3.8, 4) is 0 Å². The second-order valence-electron chi connectivity index (χ2n) is 5.54. The molecule has 2 amide bonds. The van der Waals surface area contributed by atoms with Crippen molar-refractivity contribution in [2.24, 2.45) is 5.41 Å². The number of aromatic nitrogens is 2. The molecular weight excluding hydrogens is 242 g/mol. The van der Waals surface area contributed by atoms with Gasteiger partial charge in [0.15, 0.2) is 0 Å². The number of rotatable bonds is 2. The fourth-order valence-electron chi connectivity index (χ4n) is 2.41. The number of nitrogens with zero attached hydrogens (tertiary/aromatic N) is 3. The monoisotopic (exact) mass is 257 g/mol. The molecule has 0 atom stereocenters. The quantitative estimate of drug-likeness (QED) is 0.768. The molecule has 5 nitrogen and oxygen atoms in total. The van der Waals surface area contributed by atoms with Crippen molar-refractivity contribution in [2.75, 3.05) is 0 Å². The van der Waals surface area contributed by atoms with Crippen LogP contribution in [0.3, 0.4) is 0 Å². The molecule has 0 N–H and O–H groups in total. The molecule has 19 heavy (non-hydrogen) atoms. The lowest BCUT2D eigenvalue weighted by molar-refractivity contribution is -0.141. The number of pyridine rings is 1. The number of hydrogen-bond donors (Lipinski definition) is 0. The maximum atomic E-state index is 12.1. The molecule has 1 aliphatic rings. The van der Waals surface area contributed by atoms with E-state index in [-0.39, 0.29) is 24.8 Å². The molecule has 0 aromatic carbocycles. The normalized spacial score (nSPS) is 18.5. The highest BCUT2D eigenvalue weighted by Gasteiger charge is 2.44. The molecule has 1 fully saturated rings. The van der Waals surface area contributed by atoms with Gasteiger partial charge in [-0.1, -0.05) is 19.9 Å². The van der Waals surface area contributed by atoms with Crippen LogP contribution in [0.15, 0.2) is 30.6 Å². The first-order chi connectivity index (χ1) is 8.97. The van der Waals surface area contributed by atoms with Crippen LogP contribution in [0.4, 0.5) is 0 Å². The van der Waals surface area contributed by atoms with Crippen molar-refractivity contribution in [2.45, 2.75) is 26.8 Å². The summed E-state index contributed by atoms with van der Waals surface area (Å²) in [5.41, 5.74) is 0.956. The summed E-state index contributed by atoms with van der Waals surface area (Å²) in [6.45, 7) is 3.86. The van der Waals surface area contributed by atoms with Crippen LogP contribution in [0.25, 0.3) is 5.65 Å². The van der Waals surface area contributed by atoms with Gasteiger partial charge in [0.25, 0.3) is 0 Å². The van der Waals surface area contributed by atoms with E-state index in [2.05, 4.69) is 4.98 Å². The highest BCUT2D eigenvalue weighted by atomic mass is 16.2. The van der Waals surface area contributed by atoms with Crippen LogP contribution in [0.1, 0.15) is 26.0 Å². The second-order valence-corrected chi connectivity index (χ2v) is 5.54. The lowest BCUT2D eigenvalue weighted by Crippen LogP contribution is -2.32. The summed E-state index contributed by atoms with van der Waals surface area (Å²) in [7, 11) is 0. The van der Waals surface area contributed by atoms with Crippen LogP contribution in [-0.4, -0.2) is 26.1 Å². The van der Waals surface area contributed by atoms with Gasteiger partial charge in [-0.3, -0.25) is 14.5 Å². The molecule has 0 saturated carbocycles. The highest BCUT2D eigenvalue weighted by Crippen LogP contribution is 2.32. The second kappa shape index (κ2) is 3.91. The van der Waals surface area contributed by atoms with Crippen molar-refractivity contribution < 1.29 is 9.59 Å². The molecule has 0 aliphatic carbocycles. The number of imidazole rings is 1. The summed E-state index contributed by atoms with van der Waals surface area (Å²) in [4.78, 5) is 29.7. The van der Waals surface area contributed by atoms with E-state index in [1.54, 1.807) is 13.8 Å². The number of fused-ring (bicyclic) bond motifs is 1. The Morgan fingerprint density at radius 3 is 2.74 bits per heavy atom. The van der Waals surface area contributed by atoms with Crippen molar-refractivity contribution in [3.05, 3.63) is 36.3 Å². The Kier molecular flexibility index (Phi) is 2.45. The summed E-state index contributed by atoms with van der Waals surface area (Å²) in [6, 6.07) is 5.70. The van der Waals surface area contributed by atoms with Crippen LogP contribution in [0, 0.1) is 5.41 Å². The Labute approximate surface area is 110 Å². The Morgan fingerprint density at radius 2 is 2.11 bits per heavy atom. The molecule has 0 radical (unpaired) electrons. The average molecular weight is 257 g/mol. The van der Waals surface area contributed by atoms with E-state index in [1.807, 2.05) is 35.0 Å². The average Bonchev–Trinajstić information content (AvgIpc) is 2.83. The SMILES string of the molecule is CC1(C)CC(=O)N(Cc2cn3ccccc3n2)C1=O. The van der Waals surface area contributed by atoms with Crippen LogP contribution in [0.5, 0.6) is 0 Å². The third kappa shape index (κ3) is 1.91. The zero-order chi connectivity index (χ0) is 13.6. The highest BCUT2D eigenvalue weighted by molar-refractivity contribution is 6.05. The van der Waals surface area contributed by atoms with Gasteiger partial charge in [0, 0.05) is 18.8 Å². The Balaban J connectivity index is 1.89. The lowest BCUT2D eigenvalue weighted by atomic mass is 9.92. The van der Waals surface area contributed by atoms with Gasteiger partial charge < -0.3 is 4.40 Å². The van der Waals surface area contributed by atoms with Crippen molar-refractivity contribution in [1.29, 1.82) is 0 Å². The molecule has 98 valence electrons. The number of hydrogen-bond acceptors (Lipinski definition) is 3. The molecule has 1 saturated heterocycles. The van der Waals surface area contributed by atoms with E-state index in [0.29, 0.717) is 0 Å². The minimum Gasteiger partial charge on any atom is -0.307 e. The van der Waals surface area contributed by atoms with Crippen molar-refractivity contribution in [3.63, 3.8) is 0 Å². The van der Waals surface area contributed by atoms with E-state index in [0.717, 1.165) is 11.3 Å². The maximum absolute atomic E-state index is 12.1. The summed E-state index contributed by atoms with van der Waals surface area (Å²) < 4.78 is 1.88. The number of carbonyl (C=O) groups excluding carboxylic acids is 2. The van der Waals surface area contributed by atoms with E-state index in [1.165, 1.54) is 4.90 Å². The van der Waals surface area contributed by atoms with Crippen LogP contribution < -0.4 is 0 Å². The first-order valence-electron chi connectivity index (χ1n) is 6.25. The fraction of sp³-hybridized carbons (Fsp3) is 0.357. The van der Waals surface area contributed by atoms with E-state index in [9.17, 15) is 9.59 Å². The van der Waals surface area contributed by atoms with E-state index in [4.69, 9.17) is 0 Å². The first-order valence-corrected chi connectivity index (χ1v) is 6.25. The topological polar surface area (TPSA) is 54.7 Å². The minimum atomic E-state index is -0.587. The van der Waals surface area contributed by atoms with Crippen LogP contribution in [0.2, 0.25) is 0 Å². The molecule has 3 heterocycles. The first kappa shape index (κ1) is 11.9. The van der Waals surface area contributed by atoms with E-state index >= 15 is 0 Å². The molecule has 0 bridgehead atoms. The van der Waals surface area contributed by atoms with Gasteiger partial charge in [-0.2, -0.15) is 0 Å². The zero-order valence-electron chi connectivity index (χ0n) is 11.0. The Morgan fingerprint density at radius 1 is 1.32 bits per heavy atom. The number of imide groups is 1. The molecule has 3 rings (SSSR count). The molecule has 1 aliphatic heterocycles. The summed E-state index contributed by atoms with van der Waals surface area (Å²) in [5, 5.41) is 0. The number of carbonyl (C=O) groups is 2. The number of amides is 2. The molecular formula is C14H15N3O2. The molecule has 2 aromatic heterocycles. The van der Waals surface area contributed by atoms with Gasteiger partial charge in [-0.05, 0) is 12.1 Å². The Hall–Kier alpha value is -2.17. The largest absolute Gasteiger partial charge is 0.307 e. The third-order valence-electron chi connectivity index (χ3n) is 3.45. The fourth-order valence-corrected chi connectivity index (χ4v) is 2.41. The van der Waals surface area contributed by atoms with Crippen LogP contribution in [-0.2, 0) is 16.1 Å². The van der Waals surface area contributed by atoms with Gasteiger partial charge in [0.05, 0.1) is 17.7 Å². The molecule has 5 heteroatoms. The standard InChI is InChI=1S/C14H15N3O2/c1-14(2)7-12(18)17(13(14)19)9-10-8-16-6-4-3-5-11(16)15-10/h3-6,8H,7,9H2,1-2H3. The van der Waals surface area contributed by atoms with Gasteiger partial charge in [0.2, 0.25) is 11.8 Å². The van der Waals surface area contributed by atoms with Gasteiger partial charge in [-0.25, -0.2) is 4.98 Å². The van der Waals surface area contributed by atoms with Crippen molar-refractivity contribution >= 4 is 17.5 Å². The predicted octanol–water partition coefficient (Wildman–Crippen LogP) is 1.62. The summed E-state index contributed by atoms with van der Waals surface area (Å²) >= 11 is 0. The molecule has 0 spiro atoms.